The molecule has 2 N–H and O–H groups in total. The SMILES string of the molecule is N[Si](=O)OC1CCCCN1C=O. The fourth-order valence-corrected chi connectivity index (χ4v) is 1.83. The summed E-state index contributed by atoms with van der Waals surface area (Å²) in [5.74, 6) is 0. The lowest BCUT2D eigenvalue weighted by Gasteiger charge is -2.31. The summed E-state index contributed by atoms with van der Waals surface area (Å²) >= 11 is 0. The number of rotatable bonds is 3. The standard InChI is InChI=1S/C6H12N2O3Si/c7-12(10)11-6-3-1-2-4-8(6)5-9/h5-6H,1-4,7H2. The Hall–Kier alpha value is -0.913. The van der Waals surface area contributed by atoms with E-state index in [4.69, 9.17) is 9.83 Å². The second-order valence-corrected chi connectivity index (χ2v) is 3.60. The van der Waals surface area contributed by atoms with Crippen LogP contribution in [-0.2, 0) is 13.7 Å². The molecule has 1 aliphatic rings. The van der Waals surface area contributed by atoms with Crippen molar-refractivity contribution in [3.05, 3.63) is 0 Å². The quantitative estimate of drug-likeness (QED) is 0.471. The Balaban J connectivity index is 2.46. The van der Waals surface area contributed by atoms with Crippen LogP contribution in [0.2, 0.25) is 0 Å². The van der Waals surface area contributed by atoms with Crippen LogP contribution >= 0.6 is 0 Å². The van der Waals surface area contributed by atoms with Crippen LogP contribution in [0.1, 0.15) is 19.3 Å². The molecule has 1 fully saturated rings. The van der Waals surface area contributed by atoms with E-state index in [-0.39, 0.29) is 6.23 Å². The van der Waals surface area contributed by atoms with Gasteiger partial charge in [-0.15, -0.1) is 0 Å². The number of carbonyl (C=O) groups is 1. The molecule has 0 saturated carbocycles. The van der Waals surface area contributed by atoms with Crippen molar-refractivity contribution in [3.8, 4) is 0 Å². The van der Waals surface area contributed by atoms with Gasteiger partial charge in [-0.1, -0.05) is 0 Å². The van der Waals surface area contributed by atoms with E-state index in [1.807, 2.05) is 0 Å². The summed E-state index contributed by atoms with van der Waals surface area (Å²) in [6.45, 7) is 0.670. The highest BCUT2D eigenvalue weighted by molar-refractivity contribution is 6.30. The zero-order valence-corrected chi connectivity index (χ0v) is 7.73. The van der Waals surface area contributed by atoms with Gasteiger partial charge in [0.25, 0.3) is 0 Å². The normalized spacial score (nSPS) is 23.3. The summed E-state index contributed by atoms with van der Waals surface area (Å²) in [4.78, 5) is 12.0. The van der Waals surface area contributed by atoms with Crippen molar-refractivity contribution in [3.63, 3.8) is 0 Å². The predicted octanol–water partition coefficient (Wildman–Crippen LogP) is -0.655. The molecule has 0 aliphatic carbocycles. The largest absolute Gasteiger partial charge is 0.634 e. The van der Waals surface area contributed by atoms with Gasteiger partial charge in [-0.05, 0) is 12.8 Å². The van der Waals surface area contributed by atoms with Crippen LogP contribution in [0.5, 0.6) is 0 Å². The Morgan fingerprint density at radius 1 is 1.58 bits per heavy atom. The highest BCUT2D eigenvalue weighted by Gasteiger charge is 2.23. The first-order valence-electron chi connectivity index (χ1n) is 3.91. The van der Waals surface area contributed by atoms with E-state index in [1.165, 1.54) is 4.90 Å². The number of hydrogen-bond acceptors (Lipinski definition) is 3. The molecule has 68 valence electrons. The second kappa shape index (κ2) is 4.20. The number of nitrogens with two attached hydrogens (primary N) is 1. The van der Waals surface area contributed by atoms with Gasteiger partial charge in [-0.3, -0.25) is 4.79 Å². The van der Waals surface area contributed by atoms with Crippen LogP contribution in [0.15, 0.2) is 0 Å². The zero-order chi connectivity index (χ0) is 8.97. The molecule has 1 amide bonds. The zero-order valence-electron chi connectivity index (χ0n) is 6.73. The topological polar surface area (TPSA) is 72.6 Å². The molecule has 0 aromatic rings. The minimum atomic E-state index is -2.43. The maximum Gasteiger partial charge on any atom is 0.634 e. The molecule has 0 radical (unpaired) electrons. The van der Waals surface area contributed by atoms with Crippen LogP contribution in [0.3, 0.4) is 0 Å². The average molecular weight is 188 g/mol. The molecule has 6 heteroatoms. The molecule has 0 bridgehead atoms. The third-order valence-corrected chi connectivity index (χ3v) is 2.38. The molecule has 1 heterocycles. The lowest BCUT2D eigenvalue weighted by Crippen LogP contribution is -2.43. The van der Waals surface area contributed by atoms with Crippen molar-refractivity contribution >= 4 is 15.5 Å². The highest BCUT2D eigenvalue weighted by atomic mass is 28.3. The first-order valence-corrected chi connectivity index (χ1v) is 5.30. The Morgan fingerprint density at radius 2 is 2.33 bits per heavy atom. The van der Waals surface area contributed by atoms with Crippen LogP contribution in [0.25, 0.3) is 0 Å². The molecule has 0 aromatic heterocycles. The van der Waals surface area contributed by atoms with Gasteiger partial charge >= 0.3 is 9.09 Å². The Kier molecular flexibility index (Phi) is 3.21. The smallest absolute Gasteiger partial charge is 0.489 e. The van der Waals surface area contributed by atoms with Gasteiger partial charge < -0.3 is 19.2 Å². The van der Waals surface area contributed by atoms with Crippen LogP contribution in [0, 0.1) is 0 Å². The Morgan fingerprint density at radius 3 is 2.92 bits per heavy atom. The monoisotopic (exact) mass is 188 g/mol. The van der Waals surface area contributed by atoms with Crippen molar-refractivity contribution in [2.24, 2.45) is 5.40 Å². The third kappa shape index (κ3) is 2.30. The minimum Gasteiger partial charge on any atom is -0.489 e. The average Bonchev–Trinajstić information content (AvgIpc) is 2.04. The predicted molar refractivity (Wildman–Crippen MR) is 42.1 cm³/mol. The molecule has 1 atom stereocenters. The lowest BCUT2D eigenvalue weighted by atomic mass is 10.1. The summed E-state index contributed by atoms with van der Waals surface area (Å²) in [5.41, 5.74) is 0. The van der Waals surface area contributed by atoms with Crippen molar-refractivity contribution in [2.45, 2.75) is 25.5 Å². The van der Waals surface area contributed by atoms with Crippen molar-refractivity contribution in [1.82, 2.24) is 4.90 Å². The number of hydrogen-bond donors (Lipinski definition) is 1. The van der Waals surface area contributed by atoms with Gasteiger partial charge in [0.15, 0.2) is 6.23 Å². The van der Waals surface area contributed by atoms with E-state index in [0.29, 0.717) is 13.0 Å². The molecule has 1 unspecified atom stereocenters. The number of likely N-dealkylation sites (tertiary alicyclic amines) is 1. The van der Waals surface area contributed by atoms with Gasteiger partial charge in [0.1, 0.15) is 0 Å². The molecule has 0 spiro atoms. The van der Waals surface area contributed by atoms with Crippen LogP contribution < -0.4 is 5.40 Å². The molecular formula is C6H12N2O3Si. The van der Waals surface area contributed by atoms with Crippen LogP contribution in [-0.4, -0.2) is 33.2 Å². The van der Waals surface area contributed by atoms with Crippen molar-refractivity contribution in [2.75, 3.05) is 6.54 Å². The van der Waals surface area contributed by atoms with E-state index in [1.54, 1.807) is 0 Å². The number of amides is 1. The van der Waals surface area contributed by atoms with Crippen LogP contribution in [0.4, 0.5) is 0 Å². The summed E-state index contributed by atoms with van der Waals surface area (Å²) in [7, 11) is -2.43. The lowest BCUT2D eigenvalue weighted by molar-refractivity contribution is -0.128. The maximum atomic E-state index is 10.6. The Labute approximate surface area is 72.3 Å². The molecule has 12 heavy (non-hydrogen) atoms. The van der Waals surface area contributed by atoms with Gasteiger partial charge in [0, 0.05) is 13.0 Å². The summed E-state index contributed by atoms with van der Waals surface area (Å²) in [6.07, 6.45) is 3.04. The van der Waals surface area contributed by atoms with Gasteiger partial charge in [-0.2, -0.15) is 0 Å². The number of nitrogens with zero attached hydrogens (tertiary/aromatic N) is 1. The number of carbonyl (C=O) groups excluding carboxylic acids is 1. The fraction of sp³-hybridized carbons (Fsp3) is 0.833. The van der Waals surface area contributed by atoms with Crippen molar-refractivity contribution in [1.29, 1.82) is 0 Å². The highest BCUT2D eigenvalue weighted by Crippen LogP contribution is 2.15. The van der Waals surface area contributed by atoms with E-state index >= 15 is 0 Å². The third-order valence-electron chi connectivity index (χ3n) is 1.87. The first-order chi connectivity index (χ1) is 5.74. The van der Waals surface area contributed by atoms with E-state index in [0.717, 1.165) is 19.3 Å². The van der Waals surface area contributed by atoms with E-state index < -0.39 is 9.09 Å². The number of piperidine rings is 1. The maximum absolute atomic E-state index is 10.6. The summed E-state index contributed by atoms with van der Waals surface area (Å²) < 4.78 is 15.5. The van der Waals surface area contributed by atoms with Crippen molar-refractivity contribution < 1.29 is 13.7 Å². The van der Waals surface area contributed by atoms with E-state index in [2.05, 4.69) is 0 Å². The van der Waals surface area contributed by atoms with Gasteiger partial charge in [-0.25, -0.2) is 0 Å². The summed E-state index contributed by atoms with van der Waals surface area (Å²) in [5, 5.41) is 5.02. The molecule has 1 rings (SSSR count). The summed E-state index contributed by atoms with van der Waals surface area (Å²) in [6, 6.07) is 0. The Bertz CT molecular complexity index is 188. The first kappa shape index (κ1) is 9.18. The second-order valence-electron chi connectivity index (χ2n) is 2.73. The minimum absolute atomic E-state index is 0.368. The van der Waals surface area contributed by atoms with Gasteiger partial charge in [0.2, 0.25) is 6.41 Å². The molecular weight excluding hydrogens is 176 g/mol. The molecule has 5 nitrogen and oxygen atoms in total. The molecule has 1 saturated heterocycles. The van der Waals surface area contributed by atoms with E-state index in [9.17, 15) is 9.26 Å². The van der Waals surface area contributed by atoms with Gasteiger partial charge in [0.05, 0.1) is 0 Å². The molecule has 0 aromatic carbocycles. The fourth-order valence-electron chi connectivity index (χ4n) is 1.30. The molecule has 1 aliphatic heterocycles.